The van der Waals surface area contributed by atoms with Crippen molar-refractivity contribution in [3.8, 4) is 0 Å². The molecule has 0 fully saturated rings. The second-order valence-corrected chi connectivity index (χ2v) is 14.3. The lowest BCUT2D eigenvalue weighted by atomic mass is 9.66. The van der Waals surface area contributed by atoms with Crippen LogP contribution in [0.25, 0.3) is 11.0 Å². The fraction of sp³-hybridized carbons (Fsp3) is 0.314. The van der Waals surface area contributed by atoms with Crippen molar-refractivity contribution in [1.29, 1.82) is 0 Å². The zero-order valence-electron chi connectivity index (χ0n) is 26.7. The zero-order valence-corrected chi connectivity index (χ0v) is 29.9. The molecule has 4 aliphatic rings. The number of halogens is 2. The van der Waals surface area contributed by atoms with Gasteiger partial charge in [0.15, 0.2) is 0 Å². The van der Waals surface area contributed by atoms with Crippen LogP contribution in [0.2, 0.25) is 0 Å². The molecule has 0 radical (unpaired) electrons. The summed E-state index contributed by atoms with van der Waals surface area (Å²) in [5.41, 5.74) is 4.58. The number of carbonyl (C=O) groups is 4. The molecule has 0 saturated carbocycles. The molecule has 14 heteroatoms. The monoisotopic (exact) mass is 790 g/mol. The fourth-order valence-corrected chi connectivity index (χ4v) is 8.53. The molecule has 7 rings (SSSR count). The Morgan fingerprint density at radius 1 is 1.04 bits per heavy atom. The van der Waals surface area contributed by atoms with E-state index in [0.29, 0.717) is 68.5 Å². The van der Waals surface area contributed by atoms with Gasteiger partial charge in [-0.1, -0.05) is 12.2 Å². The number of benzene rings is 1. The number of amides is 2. The second kappa shape index (κ2) is 12.7. The number of fused-ring (bicyclic) bond motifs is 3. The number of rotatable bonds is 8. The average Bonchev–Trinajstić information content (AvgIpc) is 3.42. The number of ketones is 2. The minimum atomic E-state index is -0.702. The van der Waals surface area contributed by atoms with Crippen LogP contribution in [0.1, 0.15) is 33.6 Å². The summed E-state index contributed by atoms with van der Waals surface area (Å²) >= 11 is 6.84. The molecule has 4 heterocycles. The summed E-state index contributed by atoms with van der Waals surface area (Å²) in [5, 5.41) is 9.59. The molecular weight excluding hydrogens is 760 g/mol. The van der Waals surface area contributed by atoms with Crippen molar-refractivity contribution in [3.63, 3.8) is 0 Å². The van der Waals surface area contributed by atoms with Gasteiger partial charge in [-0.3, -0.25) is 24.2 Å². The molecule has 12 nitrogen and oxygen atoms in total. The lowest BCUT2D eigenvalue weighted by molar-refractivity contribution is -0.123. The van der Waals surface area contributed by atoms with Crippen LogP contribution in [0.4, 0.5) is 5.69 Å². The van der Waals surface area contributed by atoms with Crippen molar-refractivity contribution in [2.45, 2.75) is 25.8 Å². The van der Waals surface area contributed by atoms with E-state index in [9.17, 15) is 24.0 Å². The number of hydrogen-bond acceptors (Lipinski definition) is 9. The number of nitrogens with one attached hydrogen (secondary N) is 3. The molecule has 3 N–H and O–H groups in total. The van der Waals surface area contributed by atoms with Gasteiger partial charge in [-0.05, 0) is 68.0 Å². The standard InChI is InChI=1S/C35H32Br2N6O6/c1-42(2)20-3-4-21-19(12-27(46)49-24(21)13-20)11-25(44)38-9-10-39-26(45)17-43-16-18-5-7-40-30-28(18)32(43)34(48)31-29(30)35(6-8-41-31)14-22(36)33(47)23(37)15-35/h3-4,12-16,41H,5-11,17H2,1-2H3,(H,38,44)(H,39,45). The summed E-state index contributed by atoms with van der Waals surface area (Å²) in [6.07, 6.45) is 6.84. The molecule has 1 spiro atoms. The summed E-state index contributed by atoms with van der Waals surface area (Å²) in [6.45, 7) is 1.31. The highest BCUT2D eigenvalue weighted by atomic mass is 79.9. The van der Waals surface area contributed by atoms with E-state index in [1.54, 1.807) is 10.6 Å². The maximum absolute atomic E-state index is 14.1. The third kappa shape index (κ3) is 5.90. The largest absolute Gasteiger partial charge is 0.423 e. The van der Waals surface area contributed by atoms with Gasteiger partial charge in [0.1, 0.15) is 17.8 Å². The number of aliphatic imine (C=N–C) groups is 1. The Kier molecular flexibility index (Phi) is 8.55. The maximum atomic E-state index is 14.1. The minimum absolute atomic E-state index is 0.0232. The average molecular weight is 792 g/mol. The van der Waals surface area contributed by atoms with E-state index in [2.05, 4.69) is 47.8 Å². The van der Waals surface area contributed by atoms with Gasteiger partial charge in [-0.2, -0.15) is 0 Å². The van der Waals surface area contributed by atoms with Crippen LogP contribution < -0.4 is 26.5 Å². The first kappa shape index (κ1) is 33.0. The topological polar surface area (TPSA) is 155 Å². The number of nitrogens with zero attached hydrogens (tertiary/aromatic N) is 3. The van der Waals surface area contributed by atoms with Gasteiger partial charge in [0.2, 0.25) is 23.4 Å². The number of anilines is 1. The summed E-state index contributed by atoms with van der Waals surface area (Å²) < 4.78 is 7.89. The Labute approximate surface area is 297 Å². The van der Waals surface area contributed by atoms with Gasteiger partial charge in [-0.25, -0.2) is 4.79 Å². The van der Waals surface area contributed by atoms with Crippen LogP contribution >= 0.6 is 31.9 Å². The highest BCUT2D eigenvalue weighted by Gasteiger charge is 2.48. The van der Waals surface area contributed by atoms with Gasteiger partial charge in [0.25, 0.3) is 0 Å². The van der Waals surface area contributed by atoms with Crippen LogP contribution in [-0.4, -0.2) is 73.9 Å². The molecule has 2 aliphatic heterocycles. The van der Waals surface area contributed by atoms with Gasteiger partial charge < -0.3 is 29.8 Å². The van der Waals surface area contributed by atoms with E-state index in [0.717, 1.165) is 22.4 Å². The first-order valence-electron chi connectivity index (χ1n) is 15.8. The Morgan fingerprint density at radius 3 is 2.51 bits per heavy atom. The summed E-state index contributed by atoms with van der Waals surface area (Å²) in [5.74, 6) is -0.993. The fourth-order valence-electron chi connectivity index (χ4n) is 7.02. The quantitative estimate of drug-likeness (QED) is 0.233. The number of carbonyl (C=O) groups excluding carboxylic acids is 4. The molecule has 0 bridgehead atoms. The van der Waals surface area contributed by atoms with E-state index in [-0.39, 0.29) is 49.4 Å². The zero-order chi connectivity index (χ0) is 34.6. The lowest BCUT2D eigenvalue weighted by Gasteiger charge is -2.41. The van der Waals surface area contributed by atoms with Crippen LogP contribution in [0.5, 0.6) is 0 Å². The molecule has 3 aromatic rings. The van der Waals surface area contributed by atoms with Crippen molar-refractivity contribution < 1.29 is 23.6 Å². The van der Waals surface area contributed by atoms with E-state index >= 15 is 0 Å². The molecule has 252 valence electrons. The van der Waals surface area contributed by atoms with Gasteiger partial charge in [0.05, 0.1) is 26.8 Å². The third-order valence-electron chi connectivity index (χ3n) is 9.25. The van der Waals surface area contributed by atoms with E-state index in [4.69, 9.17) is 9.41 Å². The highest BCUT2D eigenvalue weighted by molar-refractivity contribution is 9.13. The third-order valence-corrected chi connectivity index (χ3v) is 10.4. The predicted molar refractivity (Wildman–Crippen MR) is 192 cm³/mol. The van der Waals surface area contributed by atoms with Gasteiger partial charge in [0, 0.05) is 86.2 Å². The number of Topliss-reactive ketones (excluding diaryl/α,β-unsaturated/α-hetero) is 2. The van der Waals surface area contributed by atoms with Crippen LogP contribution in [0.15, 0.2) is 77.1 Å². The molecule has 1 aromatic carbocycles. The van der Waals surface area contributed by atoms with Crippen LogP contribution in [0.3, 0.4) is 0 Å². The Bertz CT molecular complexity index is 2150. The molecule has 2 aliphatic carbocycles. The predicted octanol–water partition coefficient (Wildman–Crippen LogP) is 3.05. The normalized spacial score (nSPS) is 17.5. The summed E-state index contributed by atoms with van der Waals surface area (Å²) in [6, 6.07) is 6.80. The number of aromatic nitrogens is 1. The van der Waals surface area contributed by atoms with E-state index in [1.807, 2.05) is 49.5 Å². The van der Waals surface area contributed by atoms with E-state index < -0.39 is 11.0 Å². The Morgan fingerprint density at radius 2 is 1.78 bits per heavy atom. The van der Waals surface area contributed by atoms with Gasteiger partial charge in [-0.15, -0.1) is 0 Å². The van der Waals surface area contributed by atoms with Crippen molar-refractivity contribution in [2.24, 2.45) is 10.4 Å². The highest BCUT2D eigenvalue weighted by Crippen LogP contribution is 2.50. The van der Waals surface area contributed by atoms with Crippen molar-refractivity contribution >= 4 is 77.6 Å². The van der Waals surface area contributed by atoms with Crippen molar-refractivity contribution in [2.75, 3.05) is 45.2 Å². The number of hydrogen-bond donors (Lipinski definition) is 3. The second-order valence-electron chi connectivity index (χ2n) is 12.6. The molecule has 0 atom stereocenters. The minimum Gasteiger partial charge on any atom is -0.423 e. The summed E-state index contributed by atoms with van der Waals surface area (Å²) in [7, 11) is 3.77. The Hall–Kier alpha value is -4.56. The molecule has 2 amide bonds. The van der Waals surface area contributed by atoms with Crippen molar-refractivity contribution in [1.82, 2.24) is 20.5 Å². The van der Waals surface area contributed by atoms with Crippen LogP contribution in [0, 0.1) is 5.41 Å². The molecule has 0 unspecified atom stereocenters. The smallest absolute Gasteiger partial charge is 0.336 e. The molecule has 49 heavy (non-hydrogen) atoms. The number of allylic oxidation sites excluding steroid dienone is 6. The first-order chi connectivity index (χ1) is 23.5. The Balaban J connectivity index is 1.02. The van der Waals surface area contributed by atoms with E-state index in [1.165, 1.54) is 6.07 Å². The molecule has 2 aromatic heterocycles. The summed E-state index contributed by atoms with van der Waals surface area (Å²) in [4.78, 5) is 71.5. The van der Waals surface area contributed by atoms with Gasteiger partial charge >= 0.3 is 5.63 Å². The first-order valence-corrected chi connectivity index (χ1v) is 17.4. The molecular formula is C35H32Br2N6O6. The van der Waals surface area contributed by atoms with Crippen molar-refractivity contribution in [3.05, 3.63) is 95.7 Å². The van der Waals surface area contributed by atoms with Crippen LogP contribution in [-0.2, 0) is 33.8 Å². The molecule has 0 saturated heterocycles. The lowest BCUT2D eigenvalue weighted by Crippen LogP contribution is -2.45. The maximum Gasteiger partial charge on any atom is 0.336 e. The SMILES string of the molecule is CN(C)c1ccc2c(CC(=O)NCCNC(=O)Cn3cc4c5c3C(=O)C3=C(C5=NCC4)C4(C=C(Br)C(=O)C(Br)=C4)CCN3)cc(=O)oc2c1.